The lowest BCUT2D eigenvalue weighted by Crippen LogP contribution is -2.44. The second-order valence-electron chi connectivity index (χ2n) is 5.63. The number of anilines is 1. The molecule has 0 bridgehead atoms. The molecule has 0 amide bonds. The number of nitrogens with zero attached hydrogens (tertiary/aromatic N) is 3. The van der Waals surface area contributed by atoms with Crippen LogP contribution in [0.4, 0.5) is 19.1 Å². The van der Waals surface area contributed by atoms with Crippen LogP contribution in [0.1, 0.15) is 33.4 Å². The standard InChI is InChI=1S/C15H25F3N6.HI/c1-5-19-13(23-11(4)10(2)3)21-8-9-22-14-20-7-6-12(24-14)15(16,17)18;/h6-7,10-11H,5,8-9H2,1-4H3,(H2,19,21,23)(H,20,22,24);1H. The predicted octanol–water partition coefficient (Wildman–Crippen LogP) is 3.12. The molecule has 0 fully saturated rings. The van der Waals surface area contributed by atoms with E-state index in [-0.39, 0.29) is 36.0 Å². The zero-order valence-electron chi connectivity index (χ0n) is 14.8. The highest BCUT2D eigenvalue weighted by Crippen LogP contribution is 2.27. The van der Waals surface area contributed by atoms with Gasteiger partial charge in [-0.3, -0.25) is 4.99 Å². The zero-order valence-corrected chi connectivity index (χ0v) is 17.1. The van der Waals surface area contributed by atoms with E-state index in [2.05, 4.69) is 51.7 Å². The molecule has 1 aromatic rings. The van der Waals surface area contributed by atoms with Gasteiger partial charge in [0, 0.05) is 25.3 Å². The van der Waals surface area contributed by atoms with Crippen LogP contribution in [0.5, 0.6) is 0 Å². The number of nitrogens with one attached hydrogen (secondary N) is 3. The maximum atomic E-state index is 12.6. The van der Waals surface area contributed by atoms with E-state index in [1.165, 1.54) is 0 Å². The number of rotatable bonds is 7. The van der Waals surface area contributed by atoms with Gasteiger partial charge >= 0.3 is 6.18 Å². The largest absolute Gasteiger partial charge is 0.433 e. The lowest BCUT2D eigenvalue weighted by molar-refractivity contribution is -0.141. The molecule has 0 radical (unpaired) electrons. The molecule has 0 saturated heterocycles. The van der Waals surface area contributed by atoms with E-state index in [0.29, 0.717) is 25.0 Å². The van der Waals surface area contributed by atoms with E-state index in [0.717, 1.165) is 18.8 Å². The van der Waals surface area contributed by atoms with Crippen LogP contribution >= 0.6 is 24.0 Å². The number of halogens is 4. The van der Waals surface area contributed by atoms with E-state index in [4.69, 9.17) is 0 Å². The quantitative estimate of drug-likeness (QED) is 0.245. The SMILES string of the molecule is CCNC(=NCCNc1nccc(C(F)(F)F)n1)NC(C)C(C)C.I. The second-order valence-corrected chi connectivity index (χ2v) is 5.63. The summed E-state index contributed by atoms with van der Waals surface area (Å²) in [7, 11) is 0. The molecule has 0 aliphatic rings. The molecule has 1 unspecified atom stereocenters. The van der Waals surface area contributed by atoms with Crippen LogP contribution in [0, 0.1) is 5.92 Å². The summed E-state index contributed by atoms with van der Waals surface area (Å²) in [5.41, 5.74) is -0.968. The molecule has 0 aliphatic heterocycles. The third kappa shape index (κ3) is 9.07. The van der Waals surface area contributed by atoms with Gasteiger partial charge in [-0.1, -0.05) is 13.8 Å². The summed E-state index contributed by atoms with van der Waals surface area (Å²) in [5.74, 6) is 1.06. The smallest absolute Gasteiger partial charge is 0.357 e. The second kappa shape index (κ2) is 11.3. The molecule has 1 aromatic heterocycles. The van der Waals surface area contributed by atoms with Crippen molar-refractivity contribution in [3.8, 4) is 0 Å². The van der Waals surface area contributed by atoms with E-state index in [1.807, 2.05) is 6.92 Å². The summed E-state index contributed by atoms with van der Waals surface area (Å²) < 4.78 is 37.7. The summed E-state index contributed by atoms with van der Waals surface area (Å²) in [6.45, 7) is 9.66. The van der Waals surface area contributed by atoms with Gasteiger partial charge in [0.1, 0.15) is 5.69 Å². The molecule has 0 spiro atoms. The number of aliphatic imine (C=N–C) groups is 1. The minimum absolute atomic E-state index is 0. The Morgan fingerprint density at radius 3 is 2.52 bits per heavy atom. The Balaban J connectivity index is 0.00000576. The summed E-state index contributed by atoms with van der Waals surface area (Å²) >= 11 is 0. The van der Waals surface area contributed by atoms with Crippen LogP contribution in [-0.2, 0) is 6.18 Å². The van der Waals surface area contributed by atoms with Gasteiger partial charge in [-0.05, 0) is 25.8 Å². The fraction of sp³-hybridized carbons (Fsp3) is 0.667. The van der Waals surface area contributed by atoms with Crippen molar-refractivity contribution in [2.24, 2.45) is 10.9 Å². The maximum absolute atomic E-state index is 12.6. The van der Waals surface area contributed by atoms with Crippen molar-refractivity contribution < 1.29 is 13.2 Å². The summed E-state index contributed by atoms with van der Waals surface area (Å²) in [6, 6.07) is 1.09. The zero-order chi connectivity index (χ0) is 18.2. The fourth-order valence-corrected chi connectivity index (χ4v) is 1.64. The molecule has 0 aromatic carbocycles. The van der Waals surface area contributed by atoms with Crippen LogP contribution in [0.15, 0.2) is 17.3 Å². The Bertz CT molecular complexity index is 536. The topological polar surface area (TPSA) is 74.2 Å². The highest BCUT2D eigenvalue weighted by atomic mass is 127. The van der Waals surface area contributed by atoms with Crippen LogP contribution in [-0.4, -0.2) is 41.6 Å². The first-order valence-corrected chi connectivity index (χ1v) is 7.93. The Morgan fingerprint density at radius 1 is 1.28 bits per heavy atom. The van der Waals surface area contributed by atoms with Gasteiger partial charge < -0.3 is 16.0 Å². The van der Waals surface area contributed by atoms with Gasteiger partial charge in [0.05, 0.1) is 6.54 Å². The lowest BCUT2D eigenvalue weighted by atomic mass is 10.1. The first-order chi connectivity index (χ1) is 11.2. The molecule has 1 atom stereocenters. The number of hydrogen-bond donors (Lipinski definition) is 3. The normalized spacial score (nSPS) is 13.2. The molecule has 10 heteroatoms. The molecular formula is C15H26F3IN6. The molecule has 6 nitrogen and oxygen atoms in total. The maximum Gasteiger partial charge on any atom is 0.433 e. The number of hydrogen-bond acceptors (Lipinski definition) is 4. The van der Waals surface area contributed by atoms with Crippen LogP contribution < -0.4 is 16.0 Å². The van der Waals surface area contributed by atoms with Crippen molar-refractivity contribution in [3.05, 3.63) is 18.0 Å². The van der Waals surface area contributed by atoms with Crippen LogP contribution in [0.25, 0.3) is 0 Å². The Labute approximate surface area is 163 Å². The van der Waals surface area contributed by atoms with Crippen molar-refractivity contribution in [2.75, 3.05) is 25.0 Å². The first-order valence-electron chi connectivity index (χ1n) is 7.93. The molecule has 3 N–H and O–H groups in total. The van der Waals surface area contributed by atoms with Gasteiger partial charge in [-0.25, -0.2) is 9.97 Å². The Morgan fingerprint density at radius 2 is 1.96 bits per heavy atom. The van der Waals surface area contributed by atoms with E-state index < -0.39 is 11.9 Å². The predicted molar refractivity (Wildman–Crippen MR) is 104 cm³/mol. The molecule has 1 heterocycles. The van der Waals surface area contributed by atoms with Crippen molar-refractivity contribution in [3.63, 3.8) is 0 Å². The minimum Gasteiger partial charge on any atom is -0.357 e. The van der Waals surface area contributed by atoms with Crippen molar-refractivity contribution in [2.45, 2.75) is 39.9 Å². The van der Waals surface area contributed by atoms with E-state index in [9.17, 15) is 13.2 Å². The Kier molecular flexibility index (Phi) is 10.7. The van der Waals surface area contributed by atoms with Crippen LogP contribution in [0.2, 0.25) is 0 Å². The summed E-state index contributed by atoms with van der Waals surface area (Å²) in [4.78, 5) is 11.6. The molecule has 1 rings (SSSR count). The van der Waals surface area contributed by atoms with Crippen molar-refractivity contribution in [1.82, 2.24) is 20.6 Å². The van der Waals surface area contributed by atoms with Crippen LogP contribution in [0.3, 0.4) is 0 Å². The third-order valence-electron chi connectivity index (χ3n) is 3.32. The van der Waals surface area contributed by atoms with Crippen molar-refractivity contribution >= 4 is 35.9 Å². The number of guanidine groups is 1. The molecule has 144 valence electrons. The molecular weight excluding hydrogens is 448 g/mol. The molecule has 0 saturated carbocycles. The number of alkyl halides is 3. The van der Waals surface area contributed by atoms with Gasteiger partial charge in [-0.15, -0.1) is 24.0 Å². The van der Waals surface area contributed by atoms with E-state index in [1.54, 1.807) is 0 Å². The van der Waals surface area contributed by atoms with Crippen molar-refractivity contribution in [1.29, 1.82) is 0 Å². The first kappa shape index (κ1) is 23.7. The average molecular weight is 474 g/mol. The lowest BCUT2D eigenvalue weighted by Gasteiger charge is -2.20. The van der Waals surface area contributed by atoms with Gasteiger partial charge in [0.15, 0.2) is 5.96 Å². The summed E-state index contributed by atoms with van der Waals surface area (Å²) in [6.07, 6.45) is -3.40. The molecule has 0 aliphatic carbocycles. The van der Waals surface area contributed by atoms with Gasteiger partial charge in [0.2, 0.25) is 5.95 Å². The van der Waals surface area contributed by atoms with E-state index >= 15 is 0 Å². The highest BCUT2D eigenvalue weighted by molar-refractivity contribution is 14.0. The monoisotopic (exact) mass is 474 g/mol. The summed E-state index contributed by atoms with van der Waals surface area (Å²) in [5, 5.41) is 9.15. The van der Waals surface area contributed by atoms with Gasteiger partial charge in [0.25, 0.3) is 0 Å². The third-order valence-corrected chi connectivity index (χ3v) is 3.32. The highest BCUT2D eigenvalue weighted by Gasteiger charge is 2.32. The Hall–Kier alpha value is -1.33. The minimum atomic E-state index is -4.48. The number of aromatic nitrogens is 2. The average Bonchev–Trinajstić information content (AvgIpc) is 2.51. The van der Waals surface area contributed by atoms with Gasteiger partial charge in [-0.2, -0.15) is 13.2 Å². The molecule has 25 heavy (non-hydrogen) atoms. The fourth-order valence-electron chi connectivity index (χ4n) is 1.64.